The molecule has 0 heterocycles. The van der Waals surface area contributed by atoms with Crippen molar-refractivity contribution in [1.82, 2.24) is 0 Å². The molecule has 0 spiro atoms. The lowest BCUT2D eigenvalue weighted by Crippen LogP contribution is -2.26. The summed E-state index contributed by atoms with van der Waals surface area (Å²) < 4.78 is 0. The quantitative estimate of drug-likeness (QED) is 0.552. The average Bonchev–Trinajstić information content (AvgIpc) is 2.67. The molecule has 13 heavy (non-hydrogen) atoms. The SMILES string of the molecule is O=C1C[C@@H]2[C@H]3CC(=O)[C@@H]4[C@H]3C[C@H]2[C@@H]14. The molecule has 4 rings (SSSR count). The molecule has 0 amide bonds. The highest BCUT2D eigenvalue weighted by Crippen LogP contribution is 2.68. The fourth-order valence-corrected chi connectivity index (χ4v) is 4.88. The molecule has 0 aliphatic heterocycles. The third-order valence-corrected chi connectivity index (χ3v) is 5.12. The predicted molar refractivity (Wildman–Crippen MR) is 44.8 cm³/mol. The van der Waals surface area contributed by atoms with E-state index < -0.39 is 0 Å². The van der Waals surface area contributed by atoms with Gasteiger partial charge in [-0.1, -0.05) is 0 Å². The van der Waals surface area contributed by atoms with E-state index in [0.29, 0.717) is 35.2 Å². The maximum Gasteiger partial charge on any atom is 0.137 e. The van der Waals surface area contributed by atoms with Crippen molar-refractivity contribution in [1.29, 1.82) is 0 Å². The Bertz CT molecular complexity index is 297. The molecule has 0 aromatic carbocycles. The van der Waals surface area contributed by atoms with Gasteiger partial charge in [0.15, 0.2) is 0 Å². The van der Waals surface area contributed by atoms with Crippen LogP contribution in [0.4, 0.5) is 0 Å². The van der Waals surface area contributed by atoms with Gasteiger partial charge in [0.1, 0.15) is 11.6 Å². The summed E-state index contributed by atoms with van der Waals surface area (Å²) in [7, 11) is 0. The minimum Gasteiger partial charge on any atom is -0.299 e. The number of carbonyl (C=O) groups excluding carboxylic acids is 2. The molecule has 4 saturated carbocycles. The molecular weight excluding hydrogens is 164 g/mol. The van der Waals surface area contributed by atoms with Gasteiger partial charge in [-0.05, 0) is 30.1 Å². The van der Waals surface area contributed by atoms with E-state index >= 15 is 0 Å². The molecule has 0 aromatic rings. The summed E-state index contributed by atoms with van der Waals surface area (Å²) in [6.45, 7) is 0. The summed E-state index contributed by atoms with van der Waals surface area (Å²) in [6.07, 6.45) is 2.81. The maximum absolute atomic E-state index is 11.7. The molecule has 68 valence electrons. The van der Waals surface area contributed by atoms with Crippen molar-refractivity contribution in [3.63, 3.8) is 0 Å². The smallest absolute Gasteiger partial charge is 0.137 e. The van der Waals surface area contributed by atoms with Gasteiger partial charge in [-0.3, -0.25) is 9.59 Å². The number of ketones is 2. The second-order valence-corrected chi connectivity index (χ2v) is 5.28. The molecule has 0 N–H and O–H groups in total. The lowest BCUT2D eigenvalue weighted by atomic mass is 9.79. The first kappa shape index (κ1) is 6.74. The zero-order valence-corrected chi connectivity index (χ0v) is 7.40. The molecule has 0 radical (unpaired) electrons. The molecule has 4 fully saturated rings. The van der Waals surface area contributed by atoms with Crippen molar-refractivity contribution >= 4 is 11.6 Å². The summed E-state index contributed by atoms with van der Waals surface area (Å²) in [5.41, 5.74) is 0. The summed E-state index contributed by atoms with van der Waals surface area (Å²) in [4.78, 5) is 23.4. The van der Waals surface area contributed by atoms with Gasteiger partial charge in [-0.2, -0.15) is 0 Å². The Morgan fingerprint density at radius 3 is 1.69 bits per heavy atom. The normalized spacial score (nSPS) is 61.2. The number of fused-ring (bicyclic) bond motifs is 2. The van der Waals surface area contributed by atoms with Crippen LogP contribution in [0.2, 0.25) is 0 Å². The minimum absolute atomic E-state index is 0.182. The number of hydrogen-bond acceptors (Lipinski definition) is 2. The van der Waals surface area contributed by atoms with Gasteiger partial charge in [0.05, 0.1) is 0 Å². The highest BCUT2D eigenvalue weighted by molar-refractivity contribution is 5.96. The monoisotopic (exact) mass is 176 g/mol. The van der Waals surface area contributed by atoms with Crippen molar-refractivity contribution in [3.05, 3.63) is 0 Å². The van der Waals surface area contributed by atoms with Crippen molar-refractivity contribution in [3.8, 4) is 0 Å². The number of Topliss-reactive ketones (excluding diaryl/α,β-unsaturated/α-hetero) is 2. The predicted octanol–water partition coefficient (Wildman–Crippen LogP) is 1.05. The van der Waals surface area contributed by atoms with Crippen molar-refractivity contribution in [2.75, 3.05) is 0 Å². The lowest BCUT2D eigenvalue weighted by molar-refractivity contribution is -0.129. The second kappa shape index (κ2) is 1.75. The van der Waals surface area contributed by atoms with Crippen LogP contribution in [0, 0.1) is 35.5 Å². The zero-order valence-electron chi connectivity index (χ0n) is 7.40. The van der Waals surface area contributed by atoms with Crippen LogP contribution in [0.1, 0.15) is 19.3 Å². The highest BCUT2D eigenvalue weighted by Gasteiger charge is 2.69. The molecule has 0 aromatic heterocycles. The standard InChI is InChI=1S/C11H12O2/c12-8-2-4-5-3-9(13)11-7(5)1-6(4)10(8)11/h4-7,10-11H,1-3H2/t4-,5-,6-,7+,10+,11+/m1/s1. The van der Waals surface area contributed by atoms with Crippen molar-refractivity contribution < 1.29 is 9.59 Å². The van der Waals surface area contributed by atoms with Gasteiger partial charge in [0, 0.05) is 24.7 Å². The zero-order chi connectivity index (χ0) is 8.74. The highest BCUT2D eigenvalue weighted by atomic mass is 16.1. The first-order valence-corrected chi connectivity index (χ1v) is 5.33. The van der Waals surface area contributed by atoms with Crippen LogP contribution in [-0.4, -0.2) is 11.6 Å². The maximum atomic E-state index is 11.7. The van der Waals surface area contributed by atoms with Gasteiger partial charge in [-0.15, -0.1) is 0 Å². The van der Waals surface area contributed by atoms with Crippen molar-refractivity contribution in [2.24, 2.45) is 35.5 Å². The number of carbonyl (C=O) groups is 2. The van der Waals surface area contributed by atoms with Gasteiger partial charge < -0.3 is 0 Å². The first-order chi connectivity index (χ1) is 6.27. The molecule has 4 aliphatic carbocycles. The molecule has 2 nitrogen and oxygen atoms in total. The minimum atomic E-state index is 0.182. The van der Waals surface area contributed by atoms with E-state index in [9.17, 15) is 9.59 Å². The Balaban J connectivity index is 1.94. The van der Waals surface area contributed by atoms with Gasteiger partial charge >= 0.3 is 0 Å². The van der Waals surface area contributed by atoms with Gasteiger partial charge in [0.2, 0.25) is 0 Å². The van der Waals surface area contributed by atoms with Crippen LogP contribution in [0.3, 0.4) is 0 Å². The molecule has 0 unspecified atom stereocenters. The Morgan fingerprint density at radius 1 is 0.769 bits per heavy atom. The van der Waals surface area contributed by atoms with Gasteiger partial charge in [-0.25, -0.2) is 0 Å². The van der Waals surface area contributed by atoms with Gasteiger partial charge in [0.25, 0.3) is 0 Å². The van der Waals surface area contributed by atoms with E-state index in [4.69, 9.17) is 0 Å². The molecule has 6 atom stereocenters. The van der Waals surface area contributed by atoms with E-state index in [1.54, 1.807) is 0 Å². The summed E-state index contributed by atoms with van der Waals surface area (Å²) in [6, 6.07) is 0. The van der Waals surface area contributed by atoms with Crippen LogP contribution in [0.5, 0.6) is 0 Å². The third-order valence-electron chi connectivity index (χ3n) is 5.12. The fourth-order valence-electron chi connectivity index (χ4n) is 4.88. The van der Waals surface area contributed by atoms with Crippen LogP contribution in [-0.2, 0) is 9.59 Å². The molecule has 0 saturated heterocycles. The largest absolute Gasteiger partial charge is 0.299 e. The van der Waals surface area contributed by atoms with E-state index in [1.165, 1.54) is 6.42 Å². The van der Waals surface area contributed by atoms with E-state index in [1.807, 2.05) is 0 Å². The Kier molecular flexibility index (Phi) is 0.907. The fraction of sp³-hybridized carbons (Fsp3) is 0.818. The Morgan fingerprint density at radius 2 is 1.23 bits per heavy atom. The average molecular weight is 176 g/mol. The van der Waals surface area contributed by atoms with Crippen LogP contribution in [0.25, 0.3) is 0 Å². The van der Waals surface area contributed by atoms with E-state index in [0.717, 1.165) is 12.8 Å². The first-order valence-electron chi connectivity index (χ1n) is 5.33. The third kappa shape index (κ3) is 0.527. The molecular formula is C11H12O2. The van der Waals surface area contributed by atoms with Crippen LogP contribution < -0.4 is 0 Å². The summed E-state index contributed by atoms with van der Waals surface area (Å²) >= 11 is 0. The lowest BCUT2D eigenvalue weighted by Gasteiger charge is -2.22. The Labute approximate surface area is 76.7 Å². The van der Waals surface area contributed by atoms with Crippen LogP contribution in [0.15, 0.2) is 0 Å². The summed E-state index contributed by atoms with van der Waals surface area (Å²) in [5.74, 6) is 3.67. The van der Waals surface area contributed by atoms with E-state index in [2.05, 4.69) is 0 Å². The van der Waals surface area contributed by atoms with E-state index in [-0.39, 0.29) is 11.8 Å². The molecule has 2 bridgehead atoms. The topological polar surface area (TPSA) is 34.1 Å². The molecule has 4 aliphatic rings. The Hall–Kier alpha value is -0.660. The number of hydrogen-bond donors (Lipinski definition) is 0. The number of rotatable bonds is 0. The second-order valence-electron chi connectivity index (χ2n) is 5.28. The molecule has 2 heteroatoms. The van der Waals surface area contributed by atoms with Crippen molar-refractivity contribution in [2.45, 2.75) is 19.3 Å². The van der Waals surface area contributed by atoms with Crippen LogP contribution >= 0.6 is 0 Å². The summed E-state index contributed by atoms with van der Waals surface area (Å²) in [5, 5.41) is 0.